The molecular formula is C12H15N3. The van der Waals surface area contributed by atoms with E-state index in [4.69, 9.17) is 5.26 Å². The molecule has 78 valence electrons. The first-order valence-corrected chi connectivity index (χ1v) is 5.51. The van der Waals surface area contributed by atoms with Gasteiger partial charge in [0.2, 0.25) is 0 Å². The SMILES string of the molecule is N#Cc1ccc(N2CCCCCC2)cn1. The molecule has 15 heavy (non-hydrogen) atoms. The normalized spacial score (nSPS) is 16.9. The predicted molar refractivity (Wildman–Crippen MR) is 59.6 cm³/mol. The summed E-state index contributed by atoms with van der Waals surface area (Å²) < 4.78 is 0. The van der Waals surface area contributed by atoms with E-state index in [0.717, 1.165) is 18.8 Å². The van der Waals surface area contributed by atoms with Crippen LogP contribution in [0.1, 0.15) is 31.4 Å². The van der Waals surface area contributed by atoms with E-state index in [-0.39, 0.29) is 0 Å². The van der Waals surface area contributed by atoms with Gasteiger partial charge in [0.05, 0.1) is 11.9 Å². The Hall–Kier alpha value is -1.56. The topological polar surface area (TPSA) is 39.9 Å². The van der Waals surface area contributed by atoms with Gasteiger partial charge in [0.1, 0.15) is 11.8 Å². The highest BCUT2D eigenvalue weighted by Crippen LogP contribution is 2.18. The predicted octanol–water partition coefficient (Wildman–Crippen LogP) is 2.33. The minimum atomic E-state index is 0.494. The van der Waals surface area contributed by atoms with Crippen LogP contribution in [0.5, 0.6) is 0 Å². The molecule has 0 unspecified atom stereocenters. The number of aromatic nitrogens is 1. The van der Waals surface area contributed by atoms with Crippen LogP contribution in [-0.2, 0) is 0 Å². The fourth-order valence-corrected chi connectivity index (χ4v) is 1.97. The molecule has 0 spiro atoms. The van der Waals surface area contributed by atoms with E-state index in [0.29, 0.717) is 5.69 Å². The van der Waals surface area contributed by atoms with E-state index in [1.54, 1.807) is 6.07 Å². The molecule has 1 aromatic rings. The lowest BCUT2D eigenvalue weighted by molar-refractivity contribution is 0.726. The third-order valence-corrected chi connectivity index (χ3v) is 2.83. The molecule has 0 radical (unpaired) electrons. The first-order valence-electron chi connectivity index (χ1n) is 5.51. The van der Waals surface area contributed by atoms with Crippen LogP contribution in [0.3, 0.4) is 0 Å². The Balaban J connectivity index is 2.10. The molecule has 2 rings (SSSR count). The Bertz CT molecular complexity index is 342. The van der Waals surface area contributed by atoms with Crippen LogP contribution < -0.4 is 4.90 Å². The van der Waals surface area contributed by atoms with E-state index in [1.807, 2.05) is 18.3 Å². The molecule has 2 heterocycles. The van der Waals surface area contributed by atoms with Crippen molar-refractivity contribution in [2.24, 2.45) is 0 Å². The van der Waals surface area contributed by atoms with Crippen LogP contribution in [-0.4, -0.2) is 18.1 Å². The maximum Gasteiger partial charge on any atom is 0.140 e. The third kappa shape index (κ3) is 2.47. The maximum absolute atomic E-state index is 8.66. The van der Waals surface area contributed by atoms with Gasteiger partial charge in [-0.2, -0.15) is 5.26 Å². The summed E-state index contributed by atoms with van der Waals surface area (Å²) in [6, 6.07) is 5.83. The van der Waals surface area contributed by atoms with Crippen molar-refractivity contribution in [3.63, 3.8) is 0 Å². The van der Waals surface area contributed by atoms with E-state index < -0.39 is 0 Å². The molecule has 1 aromatic heterocycles. The number of hydrogen-bond acceptors (Lipinski definition) is 3. The van der Waals surface area contributed by atoms with Gasteiger partial charge in [0, 0.05) is 13.1 Å². The Morgan fingerprint density at radius 1 is 1.13 bits per heavy atom. The zero-order chi connectivity index (χ0) is 10.5. The zero-order valence-corrected chi connectivity index (χ0v) is 8.82. The number of pyridine rings is 1. The summed E-state index contributed by atoms with van der Waals surface area (Å²) in [7, 11) is 0. The standard InChI is InChI=1S/C12H15N3/c13-9-11-5-6-12(10-14-11)15-7-3-1-2-4-8-15/h5-6,10H,1-4,7-8H2. The van der Waals surface area contributed by atoms with E-state index in [9.17, 15) is 0 Å². The van der Waals surface area contributed by atoms with Crippen LogP contribution in [0.4, 0.5) is 5.69 Å². The zero-order valence-electron chi connectivity index (χ0n) is 8.82. The van der Waals surface area contributed by atoms with Gasteiger partial charge in [-0.3, -0.25) is 0 Å². The molecular weight excluding hydrogens is 186 g/mol. The molecule has 1 fully saturated rings. The van der Waals surface area contributed by atoms with Gasteiger partial charge < -0.3 is 4.90 Å². The van der Waals surface area contributed by atoms with Gasteiger partial charge in [0.25, 0.3) is 0 Å². The number of nitriles is 1. The molecule has 3 nitrogen and oxygen atoms in total. The van der Waals surface area contributed by atoms with Gasteiger partial charge in [-0.05, 0) is 25.0 Å². The Morgan fingerprint density at radius 3 is 2.40 bits per heavy atom. The van der Waals surface area contributed by atoms with Crippen LogP contribution in [0, 0.1) is 11.3 Å². The molecule has 0 bridgehead atoms. The monoisotopic (exact) mass is 201 g/mol. The number of anilines is 1. The minimum absolute atomic E-state index is 0.494. The van der Waals surface area contributed by atoms with Crippen molar-refractivity contribution < 1.29 is 0 Å². The molecule has 0 aliphatic carbocycles. The fraction of sp³-hybridized carbons (Fsp3) is 0.500. The van der Waals surface area contributed by atoms with Crippen LogP contribution in [0.15, 0.2) is 18.3 Å². The third-order valence-electron chi connectivity index (χ3n) is 2.83. The van der Waals surface area contributed by atoms with Gasteiger partial charge in [-0.1, -0.05) is 12.8 Å². The molecule has 0 N–H and O–H groups in total. The van der Waals surface area contributed by atoms with E-state index >= 15 is 0 Å². The molecule has 0 atom stereocenters. The lowest BCUT2D eigenvalue weighted by Gasteiger charge is -2.21. The first kappa shape index (κ1) is 9.97. The molecule has 0 aromatic carbocycles. The molecule has 0 amide bonds. The van der Waals surface area contributed by atoms with Gasteiger partial charge in [0.15, 0.2) is 0 Å². The summed E-state index contributed by atoms with van der Waals surface area (Å²) in [4.78, 5) is 6.46. The highest BCUT2D eigenvalue weighted by atomic mass is 15.1. The van der Waals surface area contributed by atoms with Crippen LogP contribution >= 0.6 is 0 Å². The molecule has 1 aliphatic rings. The van der Waals surface area contributed by atoms with Crippen molar-refractivity contribution in [2.45, 2.75) is 25.7 Å². The second-order valence-corrected chi connectivity index (χ2v) is 3.91. The summed E-state index contributed by atoms with van der Waals surface area (Å²) in [5.41, 5.74) is 1.64. The smallest absolute Gasteiger partial charge is 0.140 e. The largest absolute Gasteiger partial charge is 0.370 e. The van der Waals surface area contributed by atoms with E-state index in [1.165, 1.54) is 25.7 Å². The average molecular weight is 201 g/mol. The lowest BCUT2D eigenvalue weighted by atomic mass is 10.2. The quantitative estimate of drug-likeness (QED) is 0.700. The van der Waals surface area contributed by atoms with E-state index in [2.05, 4.69) is 9.88 Å². The second kappa shape index (κ2) is 4.79. The molecule has 0 saturated carbocycles. The van der Waals surface area contributed by atoms with Crippen molar-refractivity contribution >= 4 is 5.69 Å². The summed E-state index contributed by atoms with van der Waals surface area (Å²) in [6.45, 7) is 2.24. The van der Waals surface area contributed by atoms with Crippen LogP contribution in [0.25, 0.3) is 0 Å². The maximum atomic E-state index is 8.66. The van der Waals surface area contributed by atoms with Gasteiger partial charge in [-0.25, -0.2) is 4.98 Å². The Morgan fingerprint density at radius 2 is 1.87 bits per heavy atom. The first-order chi connectivity index (χ1) is 7.40. The summed E-state index contributed by atoms with van der Waals surface area (Å²) in [6.07, 6.45) is 7.00. The summed E-state index contributed by atoms with van der Waals surface area (Å²) >= 11 is 0. The number of rotatable bonds is 1. The summed E-state index contributed by atoms with van der Waals surface area (Å²) in [5, 5.41) is 8.66. The van der Waals surface area contributed by atoms with Crippen molar-refractivity contribution in [2.75, 3.05) is 18.0 Å². The average Bonchev–Trinajstić information content (AvgIpc) is 2.58. The van der Waals surface area contributed by atoms with Gasteiger partial charge in [-0.15, -0.1) is 0 Å². The van der Waals surface area contributed by atoms with Gasteiger partial charge >= 0.3 is 0 Å². The van der Waals surface area contributed by atoms with Crippen LogP contribution in [0.2, 0.25) is 0 Å². The summed E-state index contributed by atoms with van der Waals surface area (Å²) in [5.74, 6) is 0. The number of hydrogen-bond donors (Lipinski definition) is 0. The highest BCUT2D eigenvalue weighted by Gasteiger charge is 2.09. The minimum Gasteiger partial charge on any atom is -0.370 e. The molecule has 1 saturated heterocycles. The molecule has 1 aliphatic heterocycles. The number of nitrogens with zero attached hydrogens (tertiary/aromatic N) is 3. The lowest BCUT2D eigenvalue weighted by Crippen LogP contribution is -2.23. The van der Waals surface area contributed by atoms with Crippen molar-refractivity contribution in [1.29, 1.82) is 5.26 Å². The fourth-order valence-electron chi connectivity index (χ4n) is 1.97. The van der Waals surface area contributed by atoms with Crippen molar-refractivity contribution in [3.8, 4) is 6.07 Å². The molecule has 3 heteroatoms. The Labute approximate surface area is 90.4 Å². The highest BCUT2D eigenvalue weighted by molar-refractivity contribution is 5.45. The second-order valence-electron chi connectivity index (χ2n) is 3.91. The van der Waals surface area contributed by atoms with Crippen molar-refractivity contribution in [1.82, 2.24) is 4.98 Å². The Kier molecular flexibility index (Phi) is 3.18. The van der Waals surface area contributed by atoms with Crippen molar-refractivity contribution in [3.05, 3.63) is 24.0 Å².